The van der Waals surface area contributed by atoms with Gasteiger partial charge in [0.1, 0.15) is 6.10 Å². The van der Waals surface area contributed by atoms with Crippen LogP contribution >= 0.6 is 0 Å². The van der Waals surface area contributed by atoms with Crippen molar-refractivity contribution in [3.05, 3.63) is 18.1 Å². The van der Waals surface area contributed by atoms with E-state index >= 15 is 0 Å². The Hall–Kier alpha value is -1.69. The summed E-state index contributed by atoms with van der Waals surface area (Å²) in [5.41, 5.74) is 0.611. The van der Waals surface area contributed by atoms with Crippen LogP contribution in [-0.4, -0.2) is 25.0 Å². The predicted molar refractivity (Wildman–Crippen MR) is 51.8 cm³/mol. The molecule has 1 unspecified atom stereocenters. The second kappa shape index (κ2) is 3.82. The van der Waals surface area contributed by atoms with Crippen LogP contribution in [0.25, 0.3) is 11.6 Å². The predicted octanol–water partition coefficient (Wildman–Crippen LogP) is 0.913. The summed E-state index contributed by atoms with van der Waals surface area (Å²) in [7, 11) is 1.81. The Morgan fingerprint density at radius 2 is 2.40 bits per heavy atom. The van der Waals surface area contributed by atoms with Crippen molar-refractivity contribution < 1.29 is 9.63 Å². The van der Waals surface area contributed by atoms with Gasteiger partial charge in [0.15, 0.2) is 5.69 Å². The summed E-state index contributed by atoms with van der Waals surface area (Å²) in [5, 5.41) is 17.3. The highest BCUT2D eigenvalue weighted by molar-refractivity contribution is 5.44. The topological polar surface area (TPSA) is 77.0 Å². The third kappa shape index (κ3) is 1.89. The number of rotatable bonds is 3. The van der Waals surface area contributed by atoms with Gasteiger partial charge in [-0.15, -0.1) is 0 Å². The van der Waals surface area contributed by atoms with Crippen LogP contribution in [0.3, 0.4) is 0 Å². The highest BCUT2D eigenvalue weighted by Crippen LogP contribution is 2.18. The molecule has 0 bridgehead atoms. The molecule has 2 aromatic heterocycles. The van der Waals surface area contributed by atoms with Gasteiger partial charge in [0.25, 0.3) is 5.89 Å². The molecule has 0 radical (unpaired) electrons. The van der Waals surface area contributed by atoms with Crippen molar-refractivity contribution >= 4 is 0 Å². The first-order valence-electron chi connectivity index (χ1n) is 4.72. The van der Waals surface area contributed by atoms with Gasteiger partial charge >= 0.3 is 0 Å². The smallest absolute Gasteiger partial charge is 0.278 e. The van der Waals surface area contributed by atoms with Gasteiger partial charge < -0.3 is 9.63 Å². The van der Waals surface area contributed by atoms with Gasteiger partial charge in [-0.05, 0) is 12.5 Å². The number of hydrogen-bond acceptors (Lipinski definition) is 5. The molecule has 0 aliphatic heterocycles. The zero-order valence-corrected chi connectivity index (χ0v) is 8.58. The van der Waals surface area contributed by atoms with E-state index in [1.165, 1.54) is 0 Å². The van der Waals surface area contributed by atoms with E-state index in [1.54, 1.807) is 16.9 Å². The summed E-state index contributed by atoms with van der Waals surface area (Å²) < 4.78 is 6.64. The Balaban J connectivity index is 2.27. The molecule has 0 aliphatic carbocycles. The van der Waals surface area contributed by atoms with Crippen molar-refractivity contribution in [1.82, 2.24) is 19.9 Å². The lowest BCUT2D eigenvalue weighted by Crippen LogP contribution is -1.97. The summed E-state index contributed by atoms with van der Waals surface area (Å²) >= 11 is 0. The fraction of sp³-hybridized carbons (Fsp3) is 0.444. The van der Waals surface area contributed by atoms with Crippen molar-refractivity contribution in [1.29, 1.82) is 0 Å². The van der Waals surface area contributed by atoms with Crippen LogP contribution in [0.2, 0.25) is 0 Å². The highest BCUT2D eigenvalue weighted by Gasteiger charge is 2.15. The summed E-state index contributed by atoms with van der Waals surface area (Å²) in [6.07, 6.45) is 1.67. The van der Waals surface area contributed by atoms with Crippen LogP contribution in [0.5, 0.6) is 0 Å². The SMILES string of the molecule is CCC(O)c1noc(-c2ccn(C)n2)n1. The standard InChI is InChI=1S/C9H12N4O2/c1-3-7(14)8-10-9(15-12-8)6-4-5-13(2)11-6/h4-5,7,14H,3H2,1-2H3. The molecule has 6 heteroatoms. The molecular formula is C9H12N4O2. The molecule has 1 N–H and O–H groups in total. The summed E-state index contributed by atoms with van der Waals surface area (Å²) in [6, 6.07) is 1.77. The van der Waals surface area contributed by atoms with E-state index in [2.05, 4.69) is 15.2 Å². The second-order valence-corrected chi connectivity index (χ2v) is 3.26. The third-order valence-electron chi connectivity index (χ3n) is 2.06. The van der Waals surface area contributed by atoms with Crippen LogP contribution < -0.4 is 0 Å². The molecule has 0 amide bonds. The minimum absolute atomic E-state index is 0.304. The summed E-state index contributed by atoms with van der Waals surface area (Å²) in [4.78, 5) is 4.06. The highest BCUT2D eigenvalue weighted by atomic mass is 16.5. The number of aryl methyl sites for hydroxylation is 1. The van der Waals surface area contributed by atoms with E-state index in [9.17, 15) is 5.11 Å². The minimum atomic E-state index is -0.675. The fourth-order valence-corrected chi connectivity index (χ4v) is 1.19. The molecule has 2 aromatic rings. The number of aromatic nitrogens is 4. The summed E-state index contributed by atoms with van der Waals surface area (Å²) in [6.45, 7) is 1.85. The van der Waals surface area contributed by atoms with Crippen molar-refractivity contribution in [2.24, 2.45) is 7.05 Å². The van der Waals surface area contributed by atoms with Gasteiger partial charge in [0, 0.05) is 13.2 Å². The zero-order chi connectivity index (χ0) is 10.8. The van der Waals surface area contributed by atoms with Crippen molar-refractivity contribution in [2.75, 3.05) is 0 Å². The van der Waals surface area contributed by atoms with Crippen molar-refractivity contribution in [2.45, 2.75) is 19.4 Å². The van der Waals surface area contributed by atoms with E-state index in [0.29, 0.717) is 23.8 Å². The first kappa shape index (κ1) is 9.85. The molecule has 0 saturated carbocycles. The van der Waals surface area contributed by atoms with Gasteiger partial charge in [-0.25, -0.2) is 0 Å². The Morgan fingerprint density at radius 1 is 1.60 bits per heavy atom. The quantitative estimate of drug-likeness (QED) is 0.811. The van der Waals surface area contributed by atoms with Crippen molar-refractivity contribution in [3.63, 3.8) is 0 Å². The van der Waals surface area contributed by atoms with Gasteiger partial charge in [-0.3, -0.25) is 4.68 Å². The van der Waals surface area contributed by atoms with E-state index in [1.807, 2.05) is 14.0 Å². The van der Waals surface area contributed by atoms with Crippen LogP contribution in [0.1, 0.15) is 25.3 Å². The lowest BCUT2D eigenvalue weighted by atomic mass is 10.3. The van der Waals surface area contributed by atoms with Crippen LogP contribution in [-0.2, 0) is 7.05 Å². The number of hydrogen-bond donors (Lipinski definition) is 1. The fourth-order valence-electron chi connectivity index (χ4n) is 1.19. The second-order valence-electron chi connectivity index (χ2n) is 3.26. The molecule has 0 saturated heterocycles. The molecule has 6 nitrogen and oxygen atoms in total. The molecule has 80 valence electrons. The molecule has 0 aliphatic rings. The minimum Gasteiger partial charge on any atom is -0.385 e. The normalized spacial score (nSPS) is 13.0. The first-order chi connectivity index (χ1) is 7.20. The van der Waals surface area contributed by atoms with Crippen LogP contribution in [0.15, 0.2) is 16.8 Å². The van der Waals surface area contributed by atoms with E-state index in [-0.39, 0.29) is 0 Å². The molecular weight excluding hydrogens is 196 g/mol. The largest absolute Gasteiger partial charge is 0.385 e. The van der Waals surface area contributed by atoms with Gasteiger partial charge in [0.2, 0.25) is 5.82 Å². The maximum atomic E-state index is 9.48. The molecule has 2 heterocycles. The average molecular weight is 208 g/mol. The lowest BCUT2D eigenvalue weighted by Gasteiger charge is -1.97. The Morgan fingerprint density at radius 3 is 3.00 bits per heavy atom. The lowest BCUT2D eigenvalue weighted by molar-refractivity contribution is 0.159. The number of aliphatic hydroxyl groups is 1. The maximum absolute atomic E-state index is 9.48. The Labute approximate surface area is 86.5 Å². The van der Waals surface area contributed by atoms with Gasteiger partial charge in [-0.1, -0.05) is 12.1 Å². The van der Waals surface area contributed by atoms with Gasteiger partial charge in [0.05, 0.1) is 0 Å². The van der Waals surface area contributed by atoms with Gasteiger partial charge in [-0.2, -0.15) is 10.1 Å². The number of aliphatic hydroxyl groups excluding tert-OH is 1. The molecule has 0 spiro atoms. The molecule has 1 atom stereocenters. The summed E-state index contributed by atoms with van der Waals surface area (Å²) in [5.74, 6) is 0.635. The first-order valence-corrected chi connectivity index (χ1v) is 4.72. The van der Waals surface area contributed by atoms with E-state index in [0.717, 1.165) is 0 Å². The molecule has 0 aromatic carbocycles. The molecule has 0 fully saturated rings. The van der Waals surface area contributed by atoms with E-state index in [4.69, 9.17) is 4.52 Å². The monoisotopic (exact) mass is 208 g/mol. The zero-order valence-electron chi connectivity index (χ0n) is 8.58. The molecule has 2 rings (SSSR count). The van der Waals surface area contributed by atoms with E-state index < -0.39 is 6.10 Å². The Kier molecular flexibility index (Phi) is 2.51. The van der Waals surface area contributed by atoms with Crippen molar-refractivity contribution in [3.8, 4) is 11.6 Å². The number of nitrogens with zero attached hydrogens (tertiary/aromatic N) is 4. The maximum Gasteiger partial charge on any atom is 0.278 e. The van der Waals surface area contributed by atoms with Crippen LogP contribution in [0, 0.1) is 0 Å². The third-order valence-corrected chi connectivity index (χ3v) is 2.06. The average Bonchev–Trinajstić information content (AvgIpc) is 2.84. The Bertz CT molecular complexity index is 448. The molecule has 15 heavy (non-hydrogen) atoms. The van der Waals surface area contributed by atoms with Crippen LogP contribution in [0.4, 0.5) is 0 Å².